The minimum atomic E-state index is -0.253. The van der Waals surface area contributed by atoms with E-state index in [9.17, 15) is 14.3 Å². The summed E-state index contributed by atoms with van der Waals surface area (Å²) in [7, 11) is 0. The molecule has 2 N–H and O–H groups in total. The number of nitrogens with zero attached hydrogens (tertiary/aromatic N) is 1. The van der Waals surface area contributed by atoms with Crippen LogP contribution in [0, 0.1) is 11.2 Å². The van der Waals surface area contributed by atoms with E-state index in [1.165, 1.54) is 12.1 Å². The van der Waals surface area contributed by atoms with Crippen molar-refractivity contribution in [2.24, 2.45) is 5.41 Å². The van der Waals surface area contributed by atoms with E-state index < -0.39 is 0 Å². The lowest BCUT2D eigenvalue weighted by Crippen LogP contribution is -2.44. The topological polar surface area (TPSA) is 61.8 Å². The summed E-state index contributed by atoms with van der Waals surface area (Å²) in [6.45, 7) is 3.33. The van der Waals surface area contributed by atoms with Crippen molar-refractivity contribution in [3.05, 3.63) is 35.6 Å². The van der Waals surface area contributed by atoms with Crippen LogP contribution in [0.25, 0.3) is 0 Å². The first-order valence-corrected chi connectivity index (χ1v) is 9.03. The maximum atomic E-state index is 13.1. The van der Waals surface area contributed by atoms with Gasteiger partial charge in [-0.3, -0.25) is 9.69 Å². The van der Waals surface area contributed by atoms with Crippen LogP contribution in [0.15, 0.2) is 24.3 Å². The molecular formula is C19H27FN2O3. The number of rotatable bonds is 6. The zero-order chi connectivity index (χ0) is 17.7. The number of carbonyl (C=O) groups is 1. The van der Waals surface area contributed by atoms with E-state index in [0.29, 0.717) is 32.7 Å². The van der Waals surface area contributed by atoms with Gasteiger partial charge < -0.3 is 15.2 Å². The first-order chi connectivity index (χ1) is 12.1. The zero-order valence-corrected chi connectivity index (χ0v) is 14.5. The lowest BCUT2D eigenvalue weighted by molar-refractivity contribution is -0.123. The average Bonchev–Trinajstić information content (AvgIpc) is 3.01. The van der Waals surface area contributed by atoms with Crippen LogP contribution < -0.4 is 5.32 Å². The van der Waals surface area contributed by atoms with Gasteiger partial charge in [0.05, 0.1) is 13.2 Å². The summed E-state index contributed by atoms with van der Waals surface area (Å²) < 4.78 is 18.4. The number of benzene rings is 1. The van der Waals surface area contributed by atoms with Crippen molar-refractivity contribution in [2.75, 3.05) is 39.5 Å². The maximum absolute atomic E-state index is 13.1. The minimum absolute atomic E-state index is 0.0439. The molecule has 1 unspecified atom stereocenters. The highest BCUT2D eigenvalue weighted by molar-refractivity contribution is 5.78. The van der Waals surface area contributed by atoms with E-state index >= 15 is 0 Å². The Morgan fingerprint density at radius 3 is 2.72 bits per heavy atom. The van der Waals surface area contributed by atoms with Gasteiger partial charge in [-0.05, 0) is 49.9 Å². The Kier molecular flexibility index (Phi) is 6.04. The fraction of sp³-hybridized carbons (Fsp3) is 0.632. The summed E-state index contributed by atoms with van der Waals surface area (Å²) in [5, 5.41) is 13.0. The number of ether oxygens (including phenoxy) is 1. The van der Waals surface area contributed by atoms with Crippen LogP contribution in [0.5, 0.6) is 0 Å². The fourth-order valence-corrected chi connectivity index (χ4v) is 3.85. The van der Waals surface area contributed by atoms with Crippen LogP contribution in [0.2, 0.25) is 0 Å². The van der Waals surface area contributed by atoms with Crippen LogP contribution in [-0.4, -0.2) is 61.4 Å². The Hall–Kier alpha value is -1.50. The van der Waals surface area contributed by atoms with Crippen LogP contribution in [-0.2, 0) is 16.0 Å². The van der Waals surface area contributed by atoms with Crippen molar-refractivity contribution in [1.82, 2.24) is 10.2 Å². The SMILES string of the molecule is O=C(CN1CCC(CO)(Cc2ccc(F)cc2)C1)NC1CCOCC1. The van der Waals surface area contributed by atoms with Crippen molar-refractivity contribution in [1.29, 1.82) is 0 Å². The Labute approximate surface area is 148 Å². The third-order valence-electron chi connectivity index (χ3n) is 5.30. The normalized spacial score (nSPS) is 25.2. The molecule has 1 atom stereocenters. The van der Waals surface area contributed by atoms with Gasteiger partial charge >= 0.3 is 0 Å². The molecule has 2 saturated heterocycles. The summed E-state index contributed by atoms with van der Waals surface area (Å²) in [6, 6.07) is 6.66. The maximum Gasteiger partial charge on any atom is 0.234 e. The molecule has 0 radical (unpaired) electrons. The van der Waals surface area contributed by atoms with Gasteiger partial charge in [0.1, 0.15) is 5.82 Å². The second-order valence-electron chi connectivity index (χ2n) is 7.38. The molecular weight excluding hydrogens is 323 g/mol. The van der Waals surface area contributed by atoms with Crippen molar-refractivity contribution in [3.63, 3.8) is 0 Å². The highest BCUT2D eigenvalue weighted by Gasteiger charge is 2.38. The molecule has 3 rings (SSSR count). The van der Waals surface area contributed by atoms with Crippen molar-refractivity contribution in [2.45, 2.75) is 31.7 Å². The van der Waals surface area contributed by atoms with E-state index in [1.807, 2.05) is 0 Å². The molecule has 0 saturated carbocycles. The van der Waals surface area contributed by atoms with Gasteiger partial charge in [-0.15, -0.1) is 0 Å². The van der Waals surface area contributed by atoms with Crippen LogP contribution >= 0.6 is 0 Å². The highest BCUT2D eigenvalue weighted by atomic mass is 19.1. The zero-order valence-electron chi connectivity index (χ0n) is 14.5. The molecule has 2 heterocycles. The average molecular weight is 350 g/mol. The third-order valence-corrected chi connectivity index (χ3v) is 5.30. The van der Waals surface area contributed by atoms with Gasteiger partial charge in [-0.1, -0.05) is 12.1 Å². The van der Waals surface area contributed by atoms with E-state index in [1.54, 1.807) is 12.1 Å². The summed E-state index contributed by atoms with van der Waals surface area (Å²) in [5.74, 6) is -0.206. The third kappa shape index (κ3) is 5.00. The molecule has 0 aliphatic carbocycles. The molecule has 0 aromatic heterocycles. The smallest absolute Gasteiger partial charge is 0.234 e. The minimum Gasteiger partial charge on any atom is -0.396 e. The molecule has 25 heavy (non-hydrogen) atoms. The highest BCUT2D eigenvalue weighted by Crippen LogP contribution is 2.33. The lowest BCUT2D eigenvalue weighted by atomic mass is 9.81. The van der Waals surface area contributed by atoms with E-state index in [4.69, 9.17) is 4.74 Å². The number of nitrogens with one attached hydrogen (secondary N) is 1. The number of aliphatic hydroxyl groups is 1. The molecule has 5 nitrogen and oxygen atoms in total. The van der Waals surface area contributed by atoms with Crippen LogP contribution in [0.4, 0.5) is 4.39 Å². The predicted octanol–water partition coefficient (Wildman–Crippen LogP) is 1.35. The molecule has 2 aliphatic rings. The fourth-order valence-electron chi connectivity index (χ4n) is 3.85. The van der Waals surface area contributed by atoms with Gasteiger partial charge in [0.2, 0.25) is 5.91 Å². The standard InChI is InChI=1S/C19H27FN2O3/c20-16-3-1-15(2-4-16)11-19(14-23)7-8-22(13-19)12-18(24)21-17-5-9-25-10-6-17/h1-4,17,23H,5-14H2,(H,21,24). The number of hydrogen-bond acceptors (Lipinski definition) is 4. The van der Waals surface area contributed by atoms with Gasteiger partial charge in [0.25, 0.3) is 0 Å². The molecule has 138 valence electrons. The van der Waals surface area contributed by atoms with Gasteiger partial charge in [-0.2, -0.15) is 0 Å². The van der Waals surface area contributed by atoms with Crippen molar-refractivity contribution >= 4 is 5.91 Å². The van der Waals surface area contributed by atoms with E-state index in [0.717, 1.165) is 31.4 Å². The number of halogens is 1. The number of aliphatic hydroxyl groups excluding tert-OH is 1. The second-order valence-corrected chi connectivity index (χ2v) is 7.38. The van der Waals surface area contributed by atoms with Crippen LogP contribution in [0.3, 0.4) is 0 Å². The molecule has 1 amide bonds. The molecule has 6 heteroatoms. The number of carbonyl (C=O) groups excluding carboxylic acids is 1. The first kappa shape index (κ1) is 18.3. The number of likely N-dealkylation sites (tertiary alicyclic amines) is 1. The van der Waals surface area contributed by atoms with Crippen molar-refractivity contribution in [3.8, 4) is 0 Å². The summed E-state index contributed by atoms with van der Waals surface area (Å²) in [6.07, 6.45) is 3.28. The summed E-state index contributed by atoms with van der Waals surface area (Å²) in [4.78, 5) is 14.4. The Balaban J connectivity index is 1.51. The summed E-state index contributed by atoms with van der Waals surface area (Å²) in [5.41, 5.74) is 0.764. The number of amides is 1. The molecule has 0 bridgehead atoms. The van der Waals surface area contributed by atoms with E-state index in [2.05, 4.69) is 10.2 Å². The largest absolute Gasteiger partial charge is 0.396 e. The molecule has 1 aromatic carbocycles. The second kappa shape index (κ2) is 8.25. The molecule has 1 aromatic rings. The Morgan fingerprint density at radius 1 is 1.32 bits per heavy atom. The summed E-state index contributed by atoms with van der Waals surface area (Å²) >= 11 is 0. The van der Waals surface area contributed by atoms with Crippen LogP contribution in [0.1, 0.15) is 24.8 Å². The monoisotopic (exact) mass is 350 g/mol. The van der Waals surface area contributed by atoms with Crippen molar-refractivity contribution < 1.29 is 19.0 Å². The first-order valence-electron chi connectivity index (χ1n) is 9.03. The Bertz CT molecular complexity index is 575. The van der Waals surface area contributed by atoms with Gasteiger partial charge in [0, 0.05) is 31.2 Å². The van der Waals surface area contributed by atoms with Gasteiger partial charge in [0.15, 0.2) is 0 Å². The quantitative estimate of drug-likeness (QED) is 0.813. The molecule has 2 fully saturated rings. The predicted molar refractivity (Wildman–Crippen MR) is 92.7 cm³/mol. The molecule has 0 spiro atoms. The van der Waals surface area contributed by atoms with Gasteiger partial charge in [-0.25, -0.2) is 4.39 Å². The lowest BCUT2D eigenvalue weighted by Gasteiger charge is -2.28. The molecule has 2 aliphatic heterocycles. The number of hydrogen-bond donors (Lipinski definition) is 2. The Morgan fingerprint density at radius 2 is 2.04 bits per heavy atom. The van der Waals surface area contributed by atoms with E-state index in [-0.39, 0.29) is 29.8 Å².